The number of hydrogen-bond donors (Lipinski definition) is 3. The number of aliphatic hydroxyl groups is 1. The van der Waals surface area contributed by atoms with Crippen LogP contribution in [0, 0.1) is 18.3 Å². The van der Waals surface area contributed by atoms with Crippen LogP contribution in [0.25, 0.3) is 0 Å². The van der Waals surface area contributed by atoms with Gasteiger partial charge in [-0.15, -0.1) is 0 Å². The van der Waals surface area contributed by atoms with Crippen molar-refractivity contribution in [2.45, 2.75) is 32.2 Å². The Kier molecular flexibility index (Phi) is 4.80. The number of alkyl halides is 3. The van der Waals surface area contributed by atoms with Crippen LogP contribution < -0.4 is 5.32 Å². The number of hydrogen-bond acceptors (Lipinski definition) is 4. The fraction of sp³-hybridized carbons (Fsp3) is 0.385. The average molecular weight is 302 g/mol. The van der Waals surface area contributed by atoms with Gasteiger partial charge in [0, 0.05) is 5.69 Å². The quantitative estimate of drug-likeness (QED) is 0.792. The molecule has 2 atom stereocenters. The minimum atomic E-state index is -4.74. The van der Waals surface area contributed by atoms with Gasteiger partial charge in [0.15, 0.2) is 6.04 Å². The predicted octanol–water partition coefficient (Wildman–Crippen LogP) is 2.13. The average Bonchev–Trinajstić information content (AvgIpc) is 2.34. The molecule has 114 valence electrons. The summed E-state index contributed by atoms with van der Waals surface area (Å²) in [4.78, 5) is 11.0. The van der Waals surface area contributed by atoms with E-state index in [1.54, 1.807) is 0 Å². The van der Waals surface area contributed by atoms with Crippen molar-refractivity contribution in [2.24, 2.45) is 0 Å². The van der Waals surface area contributed by atoms with E-state index in [0.717, 1.165) is 13.0 Å². The highest BCUT2D eigenvalue weighted by Gasteiger charge is 2.36. The lowest BCUT2D eigenvalue weighted by Crippen LogP contribution is -2.39. The summed E-state index contributed by atoms with van der Waals surface area (Å²) in [5, 5.41) is 29.4. The summed E-state index contributed by atoms with van der Waals surface area (Å²) in [5.41, 5.74) is -2.07. The molecule has 0 radical (unpaired) electrons. The molecule has 1 aromatic rings. The number of carboxylic acid groups (broad SMARTS) is 1. The Bertz CT molecular complexity index is 592. The van der Waals surface area contributed by atoms with Gasteiger partial charge in [-0.05, 0) is 31.5 Å². The maximum atomic E-state index is 13.0. The van der Waals surface area contributed by atoms with Gasteiger partial charge in [0.25, 0.3) is 0 Å². The van der Waals surface area contributed by atoms with E-state index in [4.69, 9.17) is 10.4 Å². The smallest absolute Gasteiger partial charge is 0.418 e. The van der Waals surface area contributed by atoms with Crippen molar-refractivity contribution in [3.05, 3.63) is 28.8 Å². The van der Waals surface area contributed by atoms with E-state index in [9.17, 15) is 23.1 Å². The van der Waals surface area contributed by atoms with Gasteiger partial charge in [0.1, 0.15) is 0 Å². The zero-order valence-electron chi connectivity index (χ0n) is 11.2. The third kappa shape index (κ3) is 3.64. The van der Waals surface area contributed by atoms with Gasteiger partial charge in [0.2, 0.25) is 0 Å². The van der Waals surface area contributed by atoms with Crippen molar-refractivity contribution in [1.29, 1.82) is 5.26 Å². The molecule has 0 fully saturated rings. The van der Waals surface area contributed by atoms with E-state index in [2.05, 4.69) is 5.32 Å². The van der Waals surface area contributed by atoms with Crippen molar-refractivity contribution >= 4 is 11.7 Å². The third-order valence-electron chi connectivity index (χ3n) is 2.93. The zero-order chi connectivity index (χ0) is 16.4. The highest BCUT2D eigenvalue weighted by atomic mass is 19.4. The molecule has 3 N–H and O–H groups in total. The highest BCUT2D eigenvalue weighted by molar-refractivity contribution is 5.79. The van der Waals surface area contributed by atoms with E-state index in [1.165, 1.54) is 19.1 Å². The van der Waals surface area contributed by atoms with Crippen LogP contribution in [-0.4, -0.2) is 28.3 Å². The summed E-state index contributed by atoms with van der Waals surface area (Å²) in [6, 6.07) is 2.13. The maximum Gasteiger partial charge on any atom is 0.418 e. The number of benzene rings is 1. The first-order valence-corrected chi connectivity index (χ1v) is 5.88. The van der Waals surface area contributed by atoms with Gasteiger partial charge >= 0.3 is 12.1 Å². The number of aliphatic carboxylic acids is 1. The normalized spacial score (nSPS) is 14.1. The Labute approximate surface area is 118 Å². The number of anilines is 1. The zero-order valence-corrected chi connectivity index (χ0v) is 11.2. The SMILES string of the molecule is Cc1c(NC(C(=O)O)C(C)O)ccc(C#N)c1C(F)(F)F. The molecule has 0 spiro atoms. The second-order valence-electron chi connectivity index (χ2n) is 4.47. The number of rotatable bonds is 4. The second kappa shape index (κ2) is 6.01. The number of carboxylic acids is 1. The molecule has 8 heteroatoms. The molecular weight excluding hydrogens is 289 g/mol. The van der Waals surface area contributed by atoms with Crippen LogP contribution in [-0.2, 0) is 11.0 Å². The van der Waals surface area contributed by atoms with Crippen LogP contribution >= 0.6 is 0 Å². The largest absolute Gasteiger partial charge is 0.480 e. The predicted molar refractivity (Wildman–Crippen MR) is 67.6 cm³/mol. The van der Waals surface area contributed by atoms with E-state index >= 15 is 0 Å². The summed E-state index contributed by atoms with van der Waals surface area (Å²) in [6.07, 6.45) is -6.05. The molecule has 0 amide bonds. The molecule has 0 aliphatic heterocycles. The number of halogens is 3. The summed E-state index contributed by atoms with van der Waals surface area (Å²) in [5.74, 6) is -1.40. The third-order valence-corrected chi connectivity index (χ3v) is 2.93. The first kappa shape index (κ1) is 16.8. The van der Waals surface area contributed by atoms with Gasteiger partial charge in [0.05, 0.1) is 23.3 Å². The molecule has 0 aromatic heterocycles. The molecule has 0 bridgehead atoms. The van der Waals surface area contributed by atoms with E-state index in [0.29, 0.717) is 0 Å². The van der Waals surface area contributed by atoms with Crippen LogP contribution in [0.4, 0.5) is 18.9 Å². The molecular formula is C13H13F3N2O3. The fourth-order valence-corrected chi connectivity index (χ4v) is 1.88. The molecule has 1 aromatic carbocycles. The van der Waals surface area contributed by atoms with Gasteiger partial charge in [-0.1, -0.05) is 0 Å². The van der Waals surface area contributed by atoms with Crippen LogP contribution in [0.1, 0.15) is 23.6 Å². The lowest BCUT2D eigenvalue weighted by molar-refractivity contribution is -0.140. The molecule has 0 saturated carbocycles. The number of carbonyl (C=O) groups is 1. The number of nitriles is 1. The van der Waals surface area contributed by atoms with E-state index in [-0.39, 0.29) is 11.3 Å². The summed E-state index contributed by atoms with van der Waals surface area (Å²) < 4.78 is 39.0. The second-order valence-corrected chi connectivity index (χ2v) is 4.47. The molecule has 1 rings (SSSR count). The fourth-order valence-electron chi connectivity index (χ4n) is 1.88. The molecule has 0 saturated heterocycles. The van der Waals surface area contributed by atoms with Crippen molar-refractivity contribution < 1.29 is 28.2 Å². The number of nitrogens with zero attached hydrogens (tertiary/aromatic N) is 1. The maximum absolute atomic E-state index is 13.0. The summed E-state index contributed by atoms with van der Waals surface area (Å²) >= 11 is 0. The van der Waals surface area contributed by atoms with Crippen LogP contribution in [0.15, 0.2) is 12.1 Å². The Morgan fingerprint density at radius 1 is 1.43 bits per heavy atom. The first-order valence-electron chi connectivity index (χ1n) is 5.88. The van der Waals surface area contributed by atoms with Crippen LogP contribution in [0.2, 0.25) is 0 Å². The van der Waals surface area contributed by atoms with Gasteiger partial charge in [-0.25, -0.2) is 4.79 Å². The standard InChI is InChI=1S/C13H13F3N2O3/c1-6-9(18-11(7(2)19)12(20)21)4-3-8(5-17)10(6)13(14,15)16/h3-4,7,11,18-19H,1-2H3,(H,20,21). The Morgan fingerprint density at radius 3 is 2.38 bits per heavy atom. The Morgan fingerprint density at radius 2 is 2.00 bits per heavy atom. The van der Waals surface area contributed by atoms with Crippen molar-refractivity contribution in [2.75, 3.05) is 5.32 Å². The van der Waals surface area contributed by atoms with Gasteiger partial charge < -0.3 is 15.5 Å². The van der Waals surface area contributed by atoms with Gasteiger partial charge in [-0.3, -0.25) is 0 Å². The molecule has 2 unspecified atom stereocenters. The molecule has 0 aliphatic carbocycles. The van der Waals surface area contributed by atoms with Crippen LogP contribution in [0.3, 0.4) is 0 Å². The van der Waals surface area contributed by atoms with Crippen molar-refractivity contribution in [3.8, 4) is 6.07 Å². The topological polar surface area (TPSA) is 93.3 Å². The van der Waals surface area contributed by atoms with Crippen molar-refractivity contribution in [3.63, 3.8) is 0 Å². The lowest BCUT2D eigenvalue weighted by atomic mass is 9.99. The van der Waals surface area contributed by atoms with E-state index in [1.807, 2.05) is 0 Å². The Balaban J connectivity index is 3.35. The molecule has 0 heterocycles. The monoisotopic (exact) mass is 302 g/mol. The summed E-state index contributed by atoms with van der Waals surface area (Å²) in [7, 11) is 0. The first-order chi connectivity index (χ1) is 9.59. The number of aliphatic hydroxyl groups excluding tert-OH is 1. The molecule has 5 nitrogen and oxygen atoms in total. The van der Waals surface area contributed by atoms with Crippen molar-refractivity contribution in [1.82, 2.24) is 0 Å². The molecule has 0 aliphatic rings. The minimum Gasteiger partial charge on any atom is -0.480 e. The van der Waals surface area contributed by atoms with Gasteiger partial charge in [-0.2, -0.15) is 18.4 Å². The summed E-state index contributed by atoms with van der Waals surface area (Å²) in [6.45, 7) is 2.34. The number of nitrogens with one attached hydrogen (secondary N) is 1. The van der Waals surface area contributed by atoms with E-state index < -0.39 is 35.4 Å². The highest BCUT2D eigenvalue weighted by Crippen LogP contribution is 2.37. The lowest BCUT2D eigenvalue weighted by Gasteiger charge is -2.22. The van der Waals surface area contributed by atoms with Crippen LogP contribution in [0.5, 0.6) is 0 Å². The molecule has 21 heavy (non-hydrogen) atoms. The minimum absolute atomic E-state index is 0.102. The Hall–Kier alpha value is -2.27.